The maximum absolute atomic E-state index is 2.65. The number of nitrogens with zero attached hydrogens (tertiary/aromatic N) is 1. The second-order valence-corrected chi connectivity index (χ2v) is 12.2. The third-order valence-electron chi connectivity index (χ3n) is 9.31. The molecular formula is C34H33N. The number of benzene rings is 4. The summed E-state index contributed by atoms with van der Waals surface area (Å²) in [4.78, 5) is 2.65. The van der Waals surface area contributed by atoms with Crippen LogP contribution in [0.15, 0.2) is 91.0 Å². The van der Waals surface area contributed by atoms with E-state index in [4.69, 9.17) is 0 Å². The van der Waals surface area contributed by atoms with Gasteiger partial charge >= 0.3 is 0 Å². The highest BCUT2D eigenvalue weighted by Gasteiger charge is 2.64. The van der Waals surface area contributed by atoms with Gasteiger partial charge in [-0.15, -0.1) is 0 Å². The third kappa shape index (κ3) is 2.82. The molecule has 1 aliphatic heterocycles. The Morgan fingerprint density at radius 3 is 2.14 bits per heavy atom. The fraction of sp³-hybridized carbons (Fsp3) is 0.294. The molecule has 0 saturated heterocycles. The van der Waals surface area contributed by atoms with E-state index in [0.29, 0.717) is 5.41 Å². The summed E-state index contributed by atoms with van der Waals surface area (Å²) in [5.74, 6) is 0. The van der Waals surface area contributed by atoms with Crippen molar-refractivity contribution in [3.8, 4) is 22.3 Å². The summed E-state index contributed by atoms with van der Waals surface area (Å²) < 4.78 is 0. The first kappa shape index (κ1) is 21.0. The van der Waals surface area contributed by atoms with Gasteiger partial charge in [0, 0.05) is 16.8 Å². The molecule has 1 saturated carbocycles. The number of hydrogen-bond acceptors (Lipinski definition) is 1. The quantitative estimate of drug-likeness (QED) is 0.257. The topological polar surface area (TPSA) is 3.24 Å². The molecule has 4 aromatic carbocycles. The molecule has 2 unspecified atom stereocenters. The Morgan fingerprint density at radius 2 is 1.31 bits per heavy atom. The summed E-state index contributed by atoms with van der Waals surface area (Å²) in [6, 6.07) is 34.2. The SMILES string of the molecule is CC1(C)CC2(C)c3cc(-c4ccc5c(c4)Cc4ccccc4-5)ccc3N(c3ccccc3)C2(C)C1. The molecule has 1 heterocycles. The summed E-state index contributed by atoms with van der Waals surface area (Å²) >= 11 is 0. The summed E-state index contributed by atoms with van der Waals surface area (Å²) in [5, 5.41) is 0. The molecule has 2 aliphatic carbocycles. The fourth-order valence-electron chi connectivity index (χ4n) is 7.99. The van der Waals surface area contributed by atoms with Crippen molar-refractivity contribution in [2.75, 3.05) is 4.90 Å². The standard InChI is InChI=1S/C34H33N/c1-32(2)21-33(3)30-20-24(23-14-16-29-26(18-23)19-25-10-8-9-13-28(25)29)15-17-31(30)35(34(33,4)22-32)27-11-6-5-7-12-27/h5-18,20H,19,21-22H2,1-4H3. The van der Waals surface area contributed by atoms with Crippen molar-refractivity contribution in [2.24, 2.45) is 5.41 Å². The monoisotopic (exact) mass is 455 g/mol. The van der Waals surface area contributed by atoms with Gasteiger partial charge in [-0.3, -0.25) is 0 Å². The number of anilines is 2. The van der Waals surface area contributed by atoms with Crippen molar-refractivity contribution in [3.63, 3.8) is 0 Å². The molecule has 0 aromatic heterocycles. The second kappa shape index (κ2) is 6.88. The van der Waals surface area contributed by atoms with Crippen LogP contribution in [0, 0.1) is 5.41 Å². The first-order chi connectivity index (χ1) is 16.8. The number of fused-ring (bicyclic) bond motifs is 6. The first-order valence-corrected chi connectivity index (χ1v) is 13.0. The molecule has 0 radical (unpaired) electrons. The fourth-order valence-corrected chi connectivity index (χ4v) is 7.99. The molecule has 7 rings (SSSR count). The predicted octanol–water partition coefficient (Wildman–Crippen LogP) is 8.91. The van der Waals surface area contributed by atoms with Gasteiger partial charge in [0.1, 0.15) is 0 Å². The lowest BCUT2D eigenvalue weighted by atomic mass is 9.71. The molecule has 1 heteroatoms. The lowest BCUT2D eigenvalue weighted by Gasteiger charge is -2.42. The van der Waals surface area contributed by atoms with Gasteiger partial charge in [0.05, 0.1) is 5.54 Å². The van der Waals surface area contributed by atoms with E-state index < -0.39 is 0 Å². The number of hydrogen-bond donors (Lipinski definition) is 0. The van der Waals surface area contributed by atoms with Crippen LogP contribution < -0.4 is 4.90 Å². The minimum atomic E-state index is 0.0540. The molecule has 174 valence electrons. The van der Waals surface area contributed by atoms with Crippen molar-refractivity contribution in [1.29, 1.82) is 0 Å². The highest BCUT2D eigenvalue weighted by atomic mass is 15.3. The highest BCUT2D eigenvalue weighted by molar-refractivity contribution is 5.83. The van der Waals surface area contributed by atoms with Gasteiger partial charge in [0.2, 0.25) is 0 Å². The number of para-hydroxylation sites is 1. The smallest absolute Gasteiger partial charge is 0.0523 e. The van der Waals surface area contributed by atoms with Crippen molar-refractivity contribution in [3.05, 3.63) is 108 Å². The predicted molar refractivity (Wildman–Crippen MR) is 147 cm³/mol. The van der Waals surface area contributed by atoms with Crippen LogP contribution in [0.3, 0.4) is 0 Å². The Labute approximate surface area is 209 Å². The summed E-state index contributed by atoms with van der Waals surface area (Å²) in [5.41, 5.74) is 13.0. The van der Waals surface area contributed by atoms with Gasteiger partial charge in [-0.05, 0) is 94.8 Å². The van der Waals surface area contributed by atoms with Crippen LogP contribution >= 0.6 is 0 Å². The van der Waals surface area contributed by atoms with Crippen LogP contribution in [-0.4, -0.2) is 5.54 Å². The van der Waals surface area contributed by atoms with Crippen molar-refractivity contribution < 1.29 is 0 Å². The van der Waals surface area contributed by atoms with Crippen LogP contribution in [0.4, 0.5) is 11.4 Å². The zero-order valence-corrected chi connectivity index (χ0v) is 21.2. The van der Waals surface area contributed by atoms with E-state index in [-0.39, 0.29) is 11.0 Å². The Balaban J connectivity index is 1.37. The molecule has 0 spiro atoms. The Hall–Kier alpha value is -3.32. The van der Waals surface area contributed by atoms with Crippen molar-refractivity contribution in [2.45, 2.75) is 57.9 Å². The Bertz CT molecular complexity index is 1480. The van der Waals surface area contributed by atoms with Crippen LogP contribution in [0.25, 0.3) is 22.3 Å². The minimum Gasteiger partial charge on any atom is -0.334 e. The molecular weight excluding hydrogens is 422 g/mol. The molecule has 3 aliphatic rings. The molecule has 0 amide bonds. The van der Waals surface area contributed by atoms with E-state index in [9.17, 15) is 0 Å². The normalized spacial score (nSPS) is 25.2. The van der Waals surface area contributed by atoms with E-state index in [2.05, 4.69) is 124 Å². The molecule has 35 heavy (non-hydrogen) atoms. The summed E-state index contributed by atoms with van der Waals surface area (Å²) in [6.07, 6.45) is 3.43. The summed E-state index contributed by atoms with van der Waals surface area (Å²) in [7, 11) is 0. The lowest BCUT2D eigenvalue weighted by Crippen LogP contribution is -2.49. The largest absolute Gasteiger partial charge is 0.334 e. The molecule has 0 N–H and O–H groups in total. The lowest BCUT2D eigenvalue weighted by molar-refractivity contribution is 0.330. The Kier molecular flexibility index (Phi) is 4.13. The average molecular weight is 456 g/mol. The van der Waals surface area contributed by atoms with E-state index in [1.807, 2.05) is 0 Å². The molecule has 1 nitrogen and oxygen atoms in total. The van der Waals surface area contributed by atoms with Crippen molar-refractivity contribution >= 4 is 11.4 Å². The van der Waals surface area contributed by atoms with Gasteiger partial charge in [0.15, 0.2) is 0 Å². The second-order valence-electron chi connectivity index (χ2n) is 12.2. The molecule has 0 bridgehead atoms. The van der Waals surface area contributed by atoms with Gasteiger partial charge in [0.25, 0.3) is 0 Å². The van der Waals surface area contributed by atoms with E-state index >= 15 is 0 Å². The zero-order chi connectivity index (χ0) is 24.0. The maximum atomic E-state index is 2.65. The summed E-state index contributed by atoms with van der Waals surface area (Å²) in [6.45, 7) is 9.92. The maximum Gasteiger partial charge on any atom is 0.0523 e. The zero-order valence-electron chi connectivity index (χ0n) is 21.2. The van der Waals surface area contributed by atoms with E-state index in [0.717, 1.165) is 6.42 Å². The van der Waals surface area contributed by atoms with Crippen LogP contribution in [0.1, 0.15) is 57.2 Å². The molecule has 2 atom stereocenters. The van der Waals surface area contributed by atoms with Crippen LogP contribution in [-0.2, 0) is 11.8 Å². The first-order valence-electron chi connectivity index (χ1n) is 13.0. The van der Waals surface area contributed by atoms with Gasteiger partial charge in [-0.1, -0.05) is 87.5 Å². The van der Waals surface area contributed by atoms with Gasteiger partial charge < -0.3 is 4.90 Å². The third-order valence-corrected chi connectivity index (χ3v) is 9.31. The average Bonchev–Trinajstić information content (AvgIpc) is 3.36. The number of rotatable bonds is 2. The van der Waals surface area contributed by atoms with Gasteiger partial charge in [-0.25, -0.2) is 0 Å². The highest BCUT2D eigenvalue weighted by Crippen LogP contribution is 2.66. The minimum absolute atomic E-state index is 0.0540. The van der Waals surface area contributed by atoms with Crippen LogP contribution in [0.5, 0.6) is 0 Å². The Morgan fingerprint density at radius 1 is 0.629 bits per heavy atom. The molecule has 1 fully saturated rings. The van der Waals surface area contributed by atoms with Gasteiger partial charge in [-0.2, -0.15) is 0 Å². The van der Waals surface area contributed by atoms with Crippen molar-refractivity contribution in [1.82, 2.24) is 0 Å². The molecule has 4 aromatic rings. The van der Waals surface area contributed by atoms with Crippen LogP contribution in [0.2, 0.25) is 0 Å². The van der Waals surface area contributed by atoms with E-state index in [1.165, 1.54) is 63.2 Å². The van der Waals surface area contributed by atoms with E-state index in [1.54, 1.807) is 0 Å².